The molecule has 3 aliphatic rings. The lowest BCUT2D eigenvalue weighted by molar-refractivity contribution is -0.138. The number of piperazine rings is 1. The molecule has 0 bridgehead atoms. The molecule has 1 spiro atoms. The fourth-order valence-corrected chi connectivity index (χ4v) is 5.04. The lowest BCUT2D eigenvalue weighted by atomic mass is 9.77. The number of carbonyl (C=O) groups excluding carboxylic acids is 1. The molecule has 0 radical (unpaired) electrons. The first-order valence-corrected chi connectivity index (χ1v) is 10.4. The first-order chi connectivity index (χ1) is 13.5. The van der Waals surface area contributed by atoms with Crippen molar-refractivity contribution >= 4 is 11.6 Å². The highest BCUT2D eigenvalue weighted by molar-refractivity contribution is 5.77. The van der Waals surface area contributed by atoms with Gasteiger partial charge in [-0.15, -0.1) is 0 Å². The number of benzene rings is 1. The summed E-state index contributed by atoms with van der Waals surface area (Å²) >= 11 is 0. The van der Waals surface area contributed by atoms with Gasteiger partial charge >= 0.3 is 0 Å². The minimum absolute atomic E-state index is 0.117. The Labute approximate surface area is 164 Å². The molecule has 2 aliphatic heterocycles. The largest absolute Gasteiger partial charge is 0.367 e. The lowest BCUT2D eigenvalue weighted by Gasteiger charge is -2.41. The zero-order valence-corrected chi connectivity index (χ0v) is 16.2. The number of carbonyl (C=O) groups is 1. The quantitative estimate of drug-likeness (QED) is 0.731. The summed E-state index contributed by atoms with van der Waals surface area (Å²) in [4.78, 5) is 18.6. The van der Waals surface area contributed by atoms with E-state index < -0.39 is 17.5 Å². The zero-order chi connectivity index (χ0) is 19.7. The third kappa shape index (κ3) is 4.00. The van der Waals surface area contributed by atoms with Crippen LogP contribution < -0.4 is 4.90 Å². The topological polar surface area (TPSA) is 26.8 Å². The third-order valence-electron chi connectivity index (χ3n) is 6.84. The SMILES string of the molecule is O=C1CC2(CCCC2)CCN1CCN1CCN(c2cc(F)c(F)cc2F)CC1. The number of rotatable bonds is 4. The predicted molar refractivity (Wildman–Crippen MR) is 102 cm³/mol. The zero-order valence-electron chi connectivity index (χ0n) is 16.2. The van der Waals surface area contributed by atoms with Gasteiger partial charge in [0.2, 0.25) is 5.91 Å². The molecule has 0 unspecified atom stereocenters. The third-order valence-corrected chi connectivity index (χ3v) is 6.84. The van der Waals surface area contributed by atoms with Crippen LogP contribution in [0, 0.1) is 22.9 Å². The van der Waals surface area contributed by atoms with E-state index in [-0.39, 0.29) is 17.0 Å². The van der Waals surface area contributed by atoms with Crippen molar-refractivity contribution in [2.24, 2.45) is 5.41 Å². The molecular weight excluding hydrogens is 367 g/mol. The van der Waals surface area contributed by atoms with Gasteiger partial charge in [-0.05, 0) is 24.7 Å². The summed E-state index contributed by atoms with van der Waals surface area (Å²) in [5.74, 6) is -2.63. The Balaban J connectivity index is 1.25. The number of anilines is 1. The molecule has 154 valence electrons. The summed E-state index contributed by atoms with van der Waals surface area (Å²) < 4.78 is 40.5. The van der Waals surface area contributed by atoms with Gasteiger partial charge in [-0.2, -0.15) is 0 Å². The monoisotopic (exact) mass is 395 g/mol. The first-order valence-electron chi connectivity index (χ1n) is 10.4. The number of likely N-dealkylation sites (tertiary alicyclic amines) is 1. The van der Waals surface area contributed by atoms with Crippen LogP contribution in [0.2, 0.25) is 0 Å². The van der Waals surface area contributed by atoms with Crippen LogP contribution in [0.5, 0.6) is 0 Å². The predicted octanol–water partition coefficient (Wildman–Crippen LogP) is 3.41. The van der Waals surface area contributed by atoms with Crippen LogP contribution in [-0.2, 0) is 4.79 Å². The average Bonchev–Trinajstić information content (AvgIpc) is 3.12. The van der Waals surface area contributed by atoms with Crippen LogP contribution in [-0.4, -0.2) is 61.5 Å². The maximum atomic E-state index is 14.0. The molecule has 2 saturated heterocycles. The van der Waals surface area contributed by atoms with Crippen molar-refractivity contribution in [3.8, 4) is 0 Å². The highest BCUT2D eigenvalue weighted by atomic mass is 19.2. The van der Waals surface area contributed by atoms with Crippen molar-refractivity contribution in [3.63, 3.8) is 0 Å². The molecule has 1 amide bonds. The summed E-state index contributed by atoms with van der Waals surface area (Å²) in [5.41, 5.74) is 0.403. The van der Waals surface area contributed by atoms with E-state index in [4.69, 9.17) is 0 Å². The van der Waals surface area contributed by atoms with Crippen LogP contribution in [0.3, 0.4) is 0 Å². The number of nitrogens with zero attached hydrogens (tertiary/aromatic N) is 3. The smallest absolute Gasteiger partial charge is 0.223 e. The van der Waals surface area contributed by atoms with E-state index >= 15 is 0 Å². The summed E-state index contributed by atoms with van der Waals surface area (Å²) in [6, 6.07) is 1.54. The molecule has 1 aromatic carbocycles. The molecule has 1 saturated carbocycles. The van der Waals surface area contributed by atoms with E-state index in [1.165, 1.54) is 25.7 Å². The van der Waals surface area contributed by atoms with E-state index in [1.54, 1.807) is 4.90 Å². The molecule has 1 aromatic rings. The summed E-state index contributed by atoms with van der Waals surface area (Å²) in [5, 5.41) is 0. The van der Waals surface area contributed by atoms with Gasteiger partial charge in [0.1, 0.15) is 5.82 Å². The fourth-order valence-electron chi connectivity index (χ4n) is 5.04. The number of amides is 1. The molecule has 3 fully saturated rings. The summed E-state index contributed by atoms with van der Waals surface area (Å²) in [7, 11) is 0. The highest BCUT2D eigenvalue weighted by Gasteiger charge is 2.40. The van der Waals surface area contributed by atoms with Gasteiger partial charge in [-0.25, -0.2) is 13.2 Å². The van der Waals surface area contributed by atoms with Crippen LogP contribution >= 0.6 is 0 Å². The van der Waals surface area contributed by atoms with Crippen LogP contribution in [0.1, 0.15) is 38.5 Å². The maximum absolute atomic E-state index is 14.0. The van der Waals surface area contributed by atoms with Crippen molar-refractivity contribution in [1.82, 2.24) is 9.80 Å². The van der Waals surface area contributed by atoms with Gasteiger partial charge < -0.3 is 9.80 Å². The molecule has 28 heavy (non-hydrogen) atoms. The van der Waals surface area contributed by atoms with Gasteiger partial charge in [0, 0.05) is 64.4 Å². The van der Waals surface area contributed by atoms with Gasteiger partial charge in [0.15, 0.2) is 11.6 Å². The van der Waals surface area contributed by atoms with E-state index in [0.29, 0.717) is 38.7 Å². The molecule has 0 atom stereocenters. The maximum Gasteiger partial charge on any atom is 0.223 e. The van der Waals surface area contributed by atoms with Crippen molar-refractivity contribution in [1.29, 1.82) is 0 Å². The van der Waals surface area contributed by atoms with E-state index in [1.807, 2.05) is 4.90 Å². The second-order valence-electron chi connectivity index (χ2n) is 8.56. The standard InChI is InChI=1S/C21H28F3N3O/c22-16-13-18(24)19(14-17(16)23)26-10-7-25(8-11-26)9-12-27-6-5-21(15-20(27)28)3-1-2-4-21/h13-14H,1-12,15H2. The minimum Gasteiger partial charge on any atom is -0.367 e. The average molecular weight is 395 g/mol. The number of halogens is 3. The molecule has 4 nitrogen and oxygen atoms in total. The number of piperidine rings is 1. The van der Waals surface area contributed by atoms with Crippen molar-refractivity contribution in [3.05, 3.63) is 29.6 Å². The molecule has 4 rings (SSSR count). The molecule has 2 heterocycles. The molecule has 0 N–H and O–H groups in total. The Bertz CT molecular complexity index is 728. The molecular formula is C21H28F3N3O. The summed E-state index contributed by atoms with van der Waals surface area (Å²) in [6.45, 7) is 4.92. The number of hydrogen-bond donors (Lipinski definition) is 0. The van der Waals surface area contributed by atoms with Gasteiger partial charge in [-0.3, -0.25) is 9.69 Å². The van der Waals surface area contributed by atoms with Crippen molar-refractivity contribution in [2.75, 3.05) is 50.7 Å². The normalized spacial score (nSPS) is 23.0. The molecule has 7 heteroatoms. The first kappa shape index (κ1) is 19.6. The Morgan fingerprint density at radius 1 is 0.821 bits per heavy atom. The van der Waals surface area contributed by atoms with Crippen LogP contribution in [0.15, 0.2) is 12.1 Å². The molecule has 1 aliphatic carbocycles. The lowest BCUT2D eigenvalue weighted by Crippen LogP contribution is -2.50. The number of hydrogen-bond acceptors (Lipinski definition) is 3. The van der Waals surface area contributed by atoms with E-state index in [9.17, 15) is 18.0 Å². The van der Waals surface area contributed by atoms with E-state index in [0.717, 1.165) is 32.1 Å². The Hall–Kier alpha value is -1.76. The fraction of sp³-hybridized carbons (Fsp3) is 0.667. The van der Waals surface area contributed by atoms with Gasteiger partial charge in [0.05, 0.1) is 5.69 Å². The Morgan fingerprint density at radius 3 is 2.18 bits per heavy atom. The second kappa shape index (κ2) is 7.93. The second-order valence-corrected chi connectivity index (χ2v) is 8.56. The summed E-state index contributed by atoms with van der Waals surface area (Å²) in [6.07, 6.45) is 6.76. The van der Waals surface area contributed by atoms with Gasteiger partial charge in [0.25, 0.3) is 0 Å². The van der Waals surface area contributed by atoms with Crippen LogP contribution in [0.25, 0.3) is 0 Å². The minimum atomic E-state index is -1.16. The Morgan fingerprint density at radius 2 is 1.50 bits per heavy atom. The highest BCUT2D eigenvalue weighted by Crippen LogP contribution is 2.46. The van der Waals surface area contributed by atoms with E-state index in [2.05, 4.69) is 4.90 Å². The van der Waals surface area contributed by atoms with Crippen molar-refractivity contribution in [2.45, 2.75) is 38.5 Å². The van der Waals surface area contributed by atoms with Crippen LogP contribution in [0.4, 0.5) is 18.9 Å². The van der Waals surface area contributed by atoms with Crippen molar-refractivity contribution < 1.29 is 18.0 Å². The van der Waals surface area contributed by atoms with Gasteiger partial charge in [-0.1, -0.05) is 12.8 Å². The Kier molecular flexibility index (Phi) is 5.54. The molecule has 0 aromatic heterocycles.